The molecule has 1 saturated heterocycles. The van der Waals surface area contributed by atoms with E-state index in [4.69, 9.17) is 5.73 Å². The summed E-state index contributed by atoms with van der Waals surface area (Å²) in [4.78, 5) is 6.17. The minimum absolute atomic E-state index is 0.603. The van der Waals surface area contributed by atoms with E-state index in [1.807, 2.05) is 0 Å². The summed E-state index contributed by atoms with van der Waals surface area (Å²) < 4.78 is 0. The van der Waals surface area contributed by atoms with Gasteiger partial charge in [0.05, 0.1) is 0 Å². The molecule has 1 aromatic rings. The van der Waals surface area contributed by atoms with Crippen LogP contribution in [-0.4, -0.2) is 31.0 Å². The monoisotopic (exact) mass is 203 g/mol. The van der Waals surface area contributed by atoms with E-state index in [9.17, 15) is 0 Å². The van der Waals surface area contributed by atoms with Crippen molar-refractivity contribution < 1.29 is 0 Å². The summed E-state index contributed by atoms with van der Waals surface area (Å²) in [6.45, 7) is 2.01. The Balaban J connectivity index is 2.05. The topological polar surface area (TPSA) is 41.6 Å². The molecule has 15 heavy (non-hydrogen) atoms. The second-order valence-electron chi connectivity index (χ2n) is 3.92. The molecule has 3 nitrogen and oxygen atoms in total. The molecule has 1 aliphatic heterocycles. The number of aliphatic imine (C=N–C) groups is 1. The van der Waals surface area contributed by atoms with Crippen LogP contribution in [0.15, 0.2) is 35.3 Å². The standard InChI is InChI=1S/C12H17N3/c1-14-12(13)15-8-7-11(9-15)10-5-3-2-4-6-10/h2-6,11H,7-9H2,1H3,(H2,13,14). The fourth-order valence-corrected chi connectivity index (χ4v) is 2.11. The Morgan fingerprint density at radius 1 is 1.40 bits per heavy atom. The number of hydrogen-bond donors (Lipinski definition) is 1. The molecule has 0 aliphatic carbocycles. The SMILES string of the molecule is CN=C(N)N1CCC(c2ccccc2)C1. The second kappa shape index (κ2) is 4.34. The van der Waals surface area contributed by atoms with Gasteiger partial charge in [0.15, 0.2) is 5.96 Å². The smallest absolute Gasteiger partial charge is 0.190 e. The van der Waals surface area contributed by atoms with Gasteiger partial charge in [-0.15, -0.1) is 0 Å². The second-order valence-corrected chi connectivity index (χ2v) is 3.92. The fraction of sp³-hybridized carbons (Fsp3) is 0.417. The summed E-state index contributed by atoms with van der Waals surface area (Å²) in [5, 5.41) is 0. The number of likely N-dealkylation sites (tertiary alicyclic amines) is 1. The van der Waals surface area contributed by atoms with Crippen LogP contribution in [0.25, 0.3) is 0 Å². The highest BCUT2D eigenvalue weighted by atomic mass is 15.3. The summed E-state index contributed by atoms with van der Waals surface area (Å²) in [6.07, 6.45) is 1.17. The van der Waals surface area contributed by atoms with E-state index in [-0.39, 0.29) is 0 Å². The van der Waals surface area contributed by atoms with Crippen LogP contribution in [0.4, 0.5) is 0 Å². The highest BCUT2D eigenvalue weighted by Gasteiger charge is 2.24. The molecule has 1 aromatic carbocycles. The first-order valence-electron chi connectivity index (χ1n) is 5.33. The van der Waals surface area contributed by atoms with Gasteiger partial charge in [-0.3, -0.25) is 4.99 Å². The van der Waals surface area contributed by atoms with E-state index < -0.39 is 0 Å². The third kappa shape index (κ3) is 2.12. The molecule has 1 atom stereocenters. The molecular weight excluding hydrogens is 186 g/mol. The Labute approximate surface area is 90.6 Å². The summed E-state index contributed by atoms with van der Waals surface area (Å²) in [5.41, 5.74) is 7.20. The summed E-state index contributed by atoms with van der Waals surface area (Å²) in [7, 11) is 1.74. The van der Waals surface area contributed by atoms with E-state index >= 15 is 0 Å². The van der Waals surface area contributed by atoms with E-state index in [0.717, 1.165) is 13.1 Å². The van der Waals surface area contributed by atoms with E-state index in [1.54, 1.807) is 7.05 Å². The van der Waals surface area contributed by atoms with Gasteiger partial charge in [0.1, 0.15) is 0 Å². The van der Waals surface area contributed by atoms with Crippen molar-refractivity contribution in [1.82, 2.24) is 4.90 Å². The van der Waals surface area contributed by atoms with Crippen molar-refractivity contribution in [1.29, 1.82) is 0 Å². The van der Waals surface area contributed by atoms with Crippen molar-refractivity contribution in [3.63, 3.8) is 0 Å². The molecule has 1 aliphatic rings. The molecule has 80 valence electrons. The van der Waals surface area contributed by atoms with Crippen molar-refractivity contribution in [2.75, 3.05) is 20.1 Å². The largest absolute Gasteiger partial charge is 0.370 e. The zero-order chi connectivity index (χ0) is 10.7. The maximum absolute atomic E-state index is 5.79. The third-order valence-corrected chi connectivity index (χ3v) is 3.01. The van der Waals surface area contributed by atoms with Crippen molar-refractivity contribution >= 4 is 5.96 Å². The molecule has 0 amide bonds. The average Bonchev–Trinajstić information content (AvgIpc) is 2.78. The van der Waals surface area contributed by atoms with Gasteiger partial charge in [-0.1, -0.05) is 30.3 Å². The predicted octanol–water partition coefficient (Wildman–Crippen LogP) is 1.42. The first kappa shape index (κ1) is 10.0. The van der Waals surface area contributed by atoms with E-state index in [0.29, 0.717) is 11.9 Å². The quantitative estimate of drug-likeness (QED) is 0.554. The van der Waals surface area contributed by atoms with Gasteiger partial charge in [-0.05, 0) is 12.0 Å². The van der Waals surface area contributed by atoms with Gasteiger partial charge in [-0.25, -0.2) is 0 Å². The first-order valence-corrected chi connectivity index (χ1v) is 5.33. The minimum Gasteiger partial charge on any atom is -0.370 e. The lowest BCUT2D eigenvalue weighted by molar-refractivity contribution is 0.504. The van der Waals surface area contributed by atoms with Crippen LogP contribution in [0.2, 0.25) is 0 Å². The molecule has 0 spiro atoms. The molecule has 2 N–H and O–H groups in total. The van der Waals surface area contributed by atoms with E-state index in [1.165, 1.54) is 12.0 Å². The number of nitrogens with two attached hydrogens (primary N) is 1. The van der Waals surface area contributed by atoms with Crippen LogP contribution in [0.5, 0.6) is 0 Å². The lowest BCUT2D eigenvalue weighted by atomic mass is 9.99. The molecule has 0 radical (unpaired) electrons. The number of guanidine groups is 1. The lowest BCUT2D eigenvalue weighted by Gasteiger charge is -2.16. The third-order valence-electron chi connectivity index (χ3n) is 3.01. The maximum atomic E-state index is 5.79. The van der Waals surface area contributed by atoms with E-state index in [2.05, 4.69) is 40.2 Å². The first-order chi connectivity index (χ1) is 7.31. The lowest BCUT2D eigenvalue weighted by Crippen LogP contribution is -2.35. The van der Waals surface area contributed by atoms with Crippen LogP contribution >= 0.6 is 0 Å². The minimum atomic E-state index is 0.603. The average molecular weight is 203 g/mol. The number of hydrogen-bond acceptors (Lipinski definition) is 1. The van der Waals surface area contributed by atoms with Crippen molar-refractivity contribution in [2.45, 2.75) is 12.3 Å². The van der Waals surface area contributed by atoms with Crippen LogP contribution in [0.3, 0.4) is 0 Å². The van der Waals surface area contributed by atoms with Crippen molar-refractivity contribution in [3.05, 3.63) is 35.9 Å². The molecule has 3 heteroatoms. The Hall–Kier alpha value is -1.51. The maximum Gasteiger partial charge on any atom is 0.190 e. The molecule has 0 aromatic heterocycles. The molecule has 1 unspecified atom stereocenters. The summed E-state index contributed by atoms with van der Waals surface area (Å²) >= 11 is 0. The summed E-state index contributed by atoms with van der Waals surface area (Å²) in [6, 6.07) is 10.6. The Morgan fingerprint density at radius 3 is 2.80 bits per heavy atom. The Morgan fingerprint density at radius 2 is 2.13 bits per heavy atom. The van der Waals surface area contributed by atoms with Crippen LogP contribution in [0, 0.1) is 0 Å². The molecule has 0 bridgehead atoms. The van der Waals surface area contributed by atoms with Gasteiger partial charge >= 0.3 is 0 Å². The molecular formula is C12H17N3. The summed E-state index contributed by atoms with van der Waals surface area (Å²) in [5.74, 6) is 1.26. The number of nitrogens with zero attached hydrogens (tertiary/aromatic N) is 2. The highest BCUT2D eigenvalue weighted by Crippen LogP contribution is 2.26. The van der Waals surface area contributed by atoms with Crippen LogP contribution in [0.1, 0.15) is 17.9 Å². The Bertz CT molecular complexity index is 345. The highest BCUT2D eigenvalue weighted by molar-refractivity contribution is 5.78. The van der Waals surface area contributed by atoms with Gasteiger partial charge in [-0.2, -0.15) is 0 Å². The van der Waals surface area contributed by atoms with Crippen molar-refractivity contribution in [2.24, 2.45) is 10.7 Å². The normalized spacial score (nSPS) is 22.1. The van der Waals surface area contributed by atoms with Gasteiger partial charge in [0.2, 0.25) is 0 Å². The Kier molecular flexibility index (Phi) is 2.90. The molecule has 0 saturated carbocycles. The number of benzene rings is 1. The predicted molar refractivity (Wildman–Crippen MR) is 62.9 cm³/mol. The zero-order valence-electron chi connectivity index (χ0n) is 9.06. The van der Waals surface area contributed by atoms with Crippen molar-refractivity contribution in [3.8, 4) is 0 Å². The van der Waals surface area contributed by atoms with Gasteiger partial charge < -0.3 is 10.6 Å². The zero-order valence-corrected chi connectivity index (χ0v) is 9.06. The molecule has 2 rings (SSSR count). The van der Waals surface area contributed by atoms with Gasteiger partial charge in [0.25, 0.3) is 0 Å². The fourth-order valence-electron chi connectivity index (χ4n) is 2.11. The molecule has 1 fully saturated rings. The van der Waals surface area contributed by atoms with Crippen LogP contribution < -0.4 is 5.73 Å². The van der Waals surface area contributed by atoms with Crippen LogP contribution in [-0.2, 0) is 0 Å². The van der Waals surface area contributed by atoms with Gasteiger partial charge in [0, 0.05) is 26.1 Å². The number of rotatable bonds is 1. The molecule has 1 heterocycles.